The van der Waals surface area contributed by atoms with Crippen LogP contribution in [0.15, 0.2) is 18.3 Å². The van der Waals surface area contributed by atoms with Crippen molar-refractivity contribution in [1.29, 1.82) is 0 Å². The van der Waals surface area contributed by atoms with E-state index in [4.69, 9.17) is 0 Å². The molecule has 0 atom stereocenters. The molecular weight excluding hydrogens is 277 g/mol. The van der Waals surface area contributed by atoms with Crippen LogP contribution in [0, 0.1) is 0 Å². The van der Waals surface area contributed by atoms with Gasteiger partial charge in [0.1, 0.15) is 5.82 Å². The average molecular weight is 302 g/mol. The number of rotatable bonds is 10. The SMILES string of the molecule is CNc1ccc(CCCCCCCCCC(F)(F)F)cn1. The number of hydrogen-bond donors (Lipinski definition) is 1. The molecule has 0 amide bonds. The van der Waals surface area contributed by atoms with Gasteiger partial charge in [-0.15, -0.1) is 0 Å². The summed E-state index contributed by atoms with van der Waals surface area (Å²) >= 11 is 0. The van der Waals surface area contributed by atoms with Gasteiger partial charge in [0.25, 0.3) is 0 Å². The molecule has 1 heterocycles. The fourth-order valence-electron chi connectivity index (χ4n) is 2.26. The van der Waals surface area contributed by atoms with Crippen molar-refractivity contribution in [1.82, 2.24) is 4.98 Å². The van der Waals surface area contributed by atoms with Crippen molar-refractivity contribution in [2.24, 2.45) is 0 Å². The van der Waals surface area contributed by atoms with Gasteiger partial charge in [0.15, 0.2) is 0 Å². The number of unbranched alkanes of at least 4 members (excludes halogenated alkanes) is 6. The number of hydrogen-bond acceptors (Lipinski definition) is 2. The average Bonchev–Trinajstić information content (AvgIpc) is 2.45. The van der Waals surface area contributed by atoms with E-state index in [1.54, 1.807) is 0 Å². The lowest BCUT2D eigenvalue weighted by molar-refractivity contribution is -0.135. The first-order chi connectivity index (χ1) is 10.0. The number of nitrogens with one attached hydrogen (secondary N) is 1. The minimum Gasteiger partial charge on any atom is -0.373 e. The zero-order chi connectivity index (χ0) is 15.6. The van der Waals surface area contributed by atoms with Gasteiger partial charge < -0.3 is 5.32 Å². The van der Waals surface area contributed by atoms with E-state index in [2.05, 4.69) is 16.4 Å². The van der Waals surface area contributed by atoms with E-state index in [-0.39, 0.29) is 6.42 Å². The number of nitrogens with zero attached hydrogens (tertiary/aromatic N) is 1. The lowest BCUT2D eigenvalue weighted by Gasteiger charge is -2.06. The second-order valence-electron chi connectivity index (χ2n) is 5.39. The predicted octanol–water partition coefficient (Wildman–Crippen LogP) is 5.35. The Bertz CT molecular complexity index is 374. The minimum absolute atomic E-state index is 0.271. The van der Waals surface area contributed by atoms with Gasteiger partial charge in [-0.1, -0.05) is 38.2 Å². The molecule has 5 heteroatoms. The molecule has 1 aromatic heterocycles. The summed E-state index contributed by atoms with van der Waals surface area (Å²) in [5, 5.41) is 2.98. The van der Waals surface area contributed by atoms with Crippen molar-refractivity contribution in [3.8, 4) is 0 Å². The fraction of sp³-hybridized carbons (Fsp3) is 0.688. The zero-order valence-electron chi connectivity index (χ0n) is 12.7. The van der Waals surface area contributed by atoms with Crippen LogP contribution in [0.4, 0.5) is 19.0 Å². The van der Waals surface area contributed by atoms with Gasteiger partial charge in [0.05, 0.1) is 0 Å². The van der Waals surface area contributed by atoms with E-state index >= 15 is 0 Å². The van der Waals surface area contributed by atoms with Crippen LogP contribution in [0.25, 0.3) is 0 Å². The highest BCUT2D eigenvalue weighted by Crippen LogP contribution is 2.23. The van der Waals surface area contributed by atoms with Crippen LogP contribution in [0.1, 0.15) is 56.9 Å². The molecule has 21 heavy (non-hydrogen) atoms. The van der Waals surface area contributed by atoms with E-state index in [0.29, 0.717) is 6.42 Å². The molecule has 120 valence electrons. The summed E-state index contributed by atoms with van der Waals surface area (Å²) in [4.78, 5) is 4.26. The Hall–Kier alpha value is -1.26. The van der Waals surface area contributed by atoms with E-state index in [9.17, 15) is 13.2 Å². The molecule has 0 saturated carbocycles. The van der Waals surface area contributed by atoms with Crippen LogP contribution >= 0.6 is 0 Å². The zero-order valence-corrected chi connectivity index (χ0v) is 12.7. The van der Waals surface area contributed by atoms with Crippen LogP contribution < -0.4 is 5.32 Å². The molecule has 0 aliphatic carbocycles. The Balaban J connectivity index is 1.94. The molecule has 0 bridgehead atoms. The lowest BCUT2D eigenvalue weighted by atomic mass is 10.0. The van der Waals surface area contributed by atoms with Crippen molar-refractivity contribution in [2.45, 2.75) is 64.0 Å². The number of anilines is 1. The van der Waals surface area contributed by atoms with Crippen molar-refractivity contribution in [3.63, 3.8) is 0 Å². The molecule has 1 aromatic rings. The van der Waals surface area contributed by atoms with Crippen molar-refractivity contribution < 1.29 is 13.2 Å². The molecule has 2 nitrogen and oxygen atoms in total. The Morgan fingerprint density at radius 2 is 1.57 bits per heavy atom. The molecule has 0 aliphatic rings. The van der Waals surface area contributed by atoms with E-state index in [1.807, 2.05) is 19.3 Å². The standard InChI is InChI=1S/C16H25F3N2/c1-20-15-11-10-14(13-21-15)9-7-5-3-2-4-6-8-12-16(17,18)19/h10-11,13H,2-9,12H2,1H3,(H,20,21). The number of pyridine rings is 1. The second-order valence-corrected chi connectivity index (χ2v) is 5.39. The Morgan fingerprint density at radius 1 is 0.952 bits per heavy atom. The molecule has 0 aromatic carbocycles. The Kier molecular flexibility index (Phi) is 8.16. The van der Waals surface area contributed by atoms with E-state index < -0.39 is 12.6 Å². The normalized spacial score (nSPS) is 11.6. The molecule has 0 unspecified atom stereocenters. The summed E-state index contributed by atoms with van der Waals surface area (Å²) in [6.45, 7) is 0. The molecule has 0 saturated heterocycles. The minimum atomic E-state index is -3.99. The maximum absolute atomic E-state index is 11.9. The topological polar surface area (TPSA) is 24.9 Å². The highest BCUT2D eigenvalue weighted by atomic mass is 19.4. The fourth-order valence-corrected chi connectivity index (χ4v) is 2.26. The highest BCUT2D eigenvalue weighted by molar-refractivity contribution is 5.34. The summed E-state index contributed by atoms with van der Waals surface area (Å²) in [6.07, 6.45) is 4.54. The number of halogens is 3. The van der Waals surface area contributed by atoms with Gasteiger partial charge in [-0.05, 0) is 30.9 Å². The van der Waals surface area contributed by atoms with Crippen LogP contribution in [0.5, 0.6) is 0 Å². The van der Waals surface area contributed by atoms with Gasteiger partial charge in [-0.3, -0.25) is 0 Å². The van der Waals surface area contributed by atoms with Crippen molar-refractivity contribution in [3.05, 3.63) is 23.9 Å². The first-order valence-electron chi connectivity index (χ1n) is 7.71. The number of aromatic nitrogens is 1. The number of alkyl halides is 3. The van der Waals surface area contributed by atoms with Gasteiger partial charge in [-0.2, -0.15) is 13.2 Å². The van der Waals surface area contributed by atoms with Gasteiger partial charge in [0, 0.05) is 19.7 Å². The van der Waals surface area contributed by atoms with Crippen LogP contribution in [-0.4, -0.2) is 18.2 Å². The maximum atomic E-state index is 11.9. The monoisotopic (exact) mass is 302 g/mol. The van der Waals surface area contributed by atoms with Gasteiger partial charge in [-0.25, -0.2) is 4.98 Å². The molecule has 0 fully saturated rings. The summed E-state index contributed by atoms with van der Waals surface area (Å²) in [6, 6.07) is 4.05. The summed E-state index contributed by atoms with van der Waals surface area (Å²) in [7, 11) is 1.84. The third kappa shape index (κ3) is 9.32. The smallest absolute Gasteiger partial charge is 0.373 e. The number of aryl methyl sites for hydroxylation is 1. The lowest BCUT2D eigenvalue weighted by Crippen LogP contribution is -2.06. The summed E-state index contributed by atoms with van der Waals surface area (Å²) in [5.74, 6) is 0.873. The first kappa shape index (κ1) is 17.8. The van der Waals surface area contributed by atoms with Crippen molar-refractivity contribution in [2.75, 3.05) is 12.4 Å². The Morgan fingerprint density at radius 3 is 2.10 bits per heavy atom. The van der Waals surface area contributed by atoms with Gasteiger partial charge >= 0.3 is 6.18 Å². The molecule has 1 N–H and O–H groups in total. The predicted molar refractivity (Wildman–Crippen MR) is 80.5 cm³/mol. The molecule has 1 rings (SSSR count). The first-order valence-corrected chi connectivity index (χ1v) is 7.71. The van der Waals surface area contributed by atoms with E-state index in [0.717, 1.165) is 44.3 Å². The molecular formula is C16H25F3N2. The summed E-state index contributed by atoms with van der Waals surface area (Å²) in [5.41, 5.74) is 1.24. The largest absolute Gasteiger partial charge is 0.389 e. The third-order valence-electron chi connectivity index (χ3n) is 3.51. The van der Waals surface area contributed by atoms with Crippen LogP contribution in [0.3, 0.4) is 0 Å². The highest BCUT2D eigenvalue weighted by Gasteiger charge is 2.25. The quantitative estimate of drug-likeness (QED) is 0.589. The van der Waals surface area contributed by atoms with Crippen molar-refractivity contribution >= 4 is 5.82 Å². The third-order valence-corrected chi connectivity index (χ3v) is 3.51. The molecule has 0 spiro atoms. The summed E-state index contributed by atoms with van der Waals surface area (Å²) < 4.78 is 35.8. The molecule has 0 radical (unpaired) electrons. The van der Waals surface area contributed by atoms with Gasteiger partial charge in [0.2, 0.25) is 0 Å². The Labute approximate surface area is 125 Å². The maximum Gasteiger partial charge on any atom is 0.389 e. The van der Waals surface area contributed by atoms with Crippen LogP contribution in [-0.2, 0) is 6.42 Å². The molecule has 0 aliphatic heterocycles. The second kappa shape index (κ2) is 9.64. The van der Waals surface area contributed by atoms with Crippen LogP contribution in [0.2, 0.25) is 0 Å². The van der Waals surface area contributed by atoms with E-state index in [1.165, 1.54) is 5.56 Å².